The molecule has 1 atom stereocenters. The number of alkyl halides is 6. The number of anilines is 1. The SMILES string of the molecule is CSc1ccc2c(c1)CN(C(C)=O)C2C(=O)Nc1ccc(C(/C(N)=N/N(C)N)(C(F)(F)F)C(F)(F)F)cc1. The van der Waals surface area contributed by atoms with E-state index in [1.54, 1.807) is 12.1 Å². The lowest BCUT2D eigenvalue weighted by Gasteiger charge is -2.37. The van der Waals surface area contributed by atoms with Crippen molar-refractivity contribution in [3.8, 4) is 0 Å². The standard InChI is InChI=1S/C23H24F6N6O2S/c1-12(36)35-11-13-10-16(38-3)8-9-17(13)18(35)19(37)32-15-6-4-14(5-7-15)21(22(24,25)26,23(27,28)29)20(30)33-34(2)31/h4-10,18H,11,31H2,1-3H3,(H2,30,33)(H,32,37). The molecule has 1 unspecified atom stereocenters. The molecule has 2 aromatic carbocycles. The van der Waals surface area contributed by atoms with Gasteiger partial charge in [-0.25, -0.2) is 11.0 Å². The number of hydrogen-bond donors (Lipinski definition) is 3. The molecule has 0 aliphatic carbocycles. The molecule has 2 aromatic rings. The minimum absolute atomic E-state index is 0.0962. The Morgan fingerprint density at radius 2 is 1.66 bits per heavy atom. The summed E-state index contributed by atoms with van der Waals surface area (Å²) in [5, 5.41) is 5.70. The molecular weight excluding hydrogens is 538 g/mol. The minimum Gasteiger partial charge on any atom is -0.384 e. The molecule has 0 fully saturated rings. The van der Waals surface area contributed by atoms with Crippen molar-refractivity contribution in [2.75, 3.05) is 18.6 Å². The van der Waals surface area contributed by atoms with Crippen molar-refractivity contribution in [2.24, 2.45) is 16.7 Å². The number of hydrogen-bond acceptors (Lipinski definition) is 6. The highest BCUT2D eigenvalue weighted by Crippen LogP contribution is 2.52. The Bertz CT molecular complexity index is 1230. The number of carbonyl (C=O) groups is 2. The molecule has 8 nitrogen and oxygen atoms in total. The van der Waals surface area contributed by atoms with E-state index in [0.29, 0.717) is 17.7 Å². The molecule has 0 spiro atoms. The number of halogens is 6. The van der Waals surface area contributed by atoms with Gasteiger partial charge in [-0.1, -0.05) is 18.2 Å². The van der Waals surface area contributed by atoms with Crippen LogP contribution in [0.25, 0.3) is 0 Å². The number of carbonyl (C=O) groups excluding carboxylic acids is 2. The second-order valence-corrected chi connectivity index (χ2v) is 9.36. The van der Waals surface area contributed by atoms with E-state index >= 15 is 0 Å². The molecule has 0 aromatic heterocycles. The Kier molecular flexibility index (Phi) is 7.94. The zero-order chi connectivity index (χ0) is 28.6. The third-order valence-corrected chi connectivity index (χ3v) is 6.76. The molecule has 3 rings (SSSR count). The summed E-state index contributed by atoms with van der Waals surface area (Å²) in [6.07, 6.45) is -10.0. The molecule has 0 bridgehead atoms. The van der Waals surface area contributed by atoms with Gasteiger partial charge in [-0.2, -0.15) is 26.3 Å². The first-order valence-electron chi connectivity index (χ1n) is 10.9. The lowest BCUT2D eigenvalue weighted by Crippen LogP contribution is -2.62. The van der Waals surface area contributed by atoms with E-state index in [1.165, 1.54) is 23.6 Å². The van der Waals surface area contributed by atoms with Gasteiger partial charge in [0, 0.05) is 31.1 Å². The first-order valence-corrected chi connectivity index (χ1v) is 12.1. The van der Waals surface area contributed by atoms with Gasteiger partial charge >= 0.3 is 12.4 Å². The second kappa shape index (κ2) is 10.4. The van der Waals surface area contributed by atoms with Gasteiger partial charge in [-0.05, 0) is 47.2 Å². The number of nitrogens with two attached hydrogens (primary N) is 2. The summed E-state index contributed by atoms with van der Waals surface area (Å²) in [4.78, 5) is 27.6. The normalized spacial score (nSPS) is 16.3. The lowest BCUT2D eigenvalue weighted by molar-refractivity contribution is -0.278. The first kappa shape index (κ1) is 29.1. The molecule has 15 heteroatoms. The Morgan fingerprint density at radius 3 is 2.13 bits per heavy atom. The van der Waals surface area contributed by atoms with Crippen LogP contribution in [0.15, 0.2) is 52.5 Å². The largest absolute Gasteiger partial charge is 0.414 e. The molecule has 0 saturated heterocycles. The third kappa shape index (κ3) is 5.12. The van der Waals surface area contributed by atoms with Crippen molar-refractivity contribution < 1.29 is 35.9 Å². The second-order valence-electron chi connectivity index (χ2n) is 8.49. The van der Waals surface area contributed by atoms with Crippen LogP contribution in [0, 0.1) is 0 Å². The Morgan fingerprint density at radius 1 is 1.08 bits per heavy atom. The highest BCUT2D eigenvalue weighted by atomic mass is 32.2. The number of rotatable bonds is 6. The van der Waals surface area contributed by atoms with Crippen LogP contribution in [0.2, 0.25) is 0 Å². The zero-order valence-electron chi connectivity index (χ0n) is 20.3. The summed E-state index contributed by atoms with van der Waals surface area (Å²) in [6.45, 7) is 1.46. The Hall–Kier alpha value is -3.46. The van der Waals surface area contributed by atoms with Crippen molar-refractivity contribution in [1.29, 1.82) is 0 Å². The van der Waals surface area contributed by atoms with Gasteiger partial charge < -0.3 is 16.0 Å². The van der Waals surface area contributed by atoms with E-state index in [-0.39, 0.29) is 23.3 Å². The van der Waals surface area contributed by atoms with Gasteiger partial charge in [-0.3, -0.25) is 9.59 Å². The molecule has 0 radical (unpaired) electrons. The molecule has 1 heterocycles. The number of nitrogens with zero attached hydrogens (tertiary/aromatic N) is 3. The van der Waals surface area contributed by atoms with E-state index in [4.69, 9.17) is 11.6 Å². The number of hydrazone groups is 1. The highest BCUT2D eigenvalue weighted by Gasteiger charge is 2.74. The lowest BCUT2D eigenvalue weighted by atomic mass is 9.77. The smallest absolute Gasteiger partial charge is 0.384 e. The van der Waals surface area contributed by atoms with E-state index in [1.807, 2.05) is 12.3 Å². The first-order chi connectivity index (χ1) is 17.5. The van der Waals surface area contributed by atoms with Crippen LogP contribution in [-0.4, -0.2) is 53.3 Å². The van der Waals surface area contributed by atoms with Crippen LogP contribution in [0.1, 0.15) is 29.7 Å². The monoisotopic (exact) mass is 562 g/mol. The van der Waals surface area contributed by atoms with Crippen LogP contribution in [0.3, 0.4) is 0 Å². The van der Waals surface area contributed by atoms with Gasteiger partial charge in [0.2, 0.25) is 11.3 Å². The van der Waals surface area contributed by atoms with Crippen LogP contribution >= 0.6 is 11.8 Å². The quantitative estimate of drug-likeness (QED) is 0.123. The summed E-state index contributed by atoms with van der Waals surface area (Å²) in [7, 11) is 0.913. The average Bonchev–Trinajstić information content (AvgIpc) is 3.17. The summed E-state index contributed by atoms with van der Waals surface area (Å²) in [6, 6.07) is 7.14. The van der Waals surface area contributed by atoms with Gasteiger partial charge in [0.1, 0.15) is 6.04 Å². The summed E-state index contributed by atoms with van der Waals surface area (Å²) in [5.41, 5.74) is 0.526. The zero-order valence-corrected chi connectivity index (χ0v) is 21.1. The molecule has 206 valence electrons. The van der Waals surface area contributed by atoms with Crippen molar-refractivity contribution in [3.63, 3.8) is 0 Å². The van der Waals surface area contributed by atoms with Crippen LogP contribution in [0.5, 0.6) is 0 Å². The summed E-state index contributed by atoms with van der Waals surface area (Å²) in [5.74, 6) is 2.23. The van der Waals surface area contributed by atoms with E-state index < -0.39 is 41.1 Å². The minimum atomic E-state index is -5.94. The number of amidine groups is 1. The molecule has 0 saturated carbocycles. The molecular formula is C23H24F6N6O2S. The number of thioether (sulfide) groups is 1. The summed E-state index contributed by atoms with van der Waals surface area (Å²) < 4.78 is 84.2. The highest BCUT2D eigenvalue weighted by molar-refractivity contribution is 7.98. The number of amides is 2. The fourth-order valence-corrected chi connectivity index (χ4v) is 4.78. The molecule has 5 N–H and O–H groups in total. The summed E-state index contributed by atoms with van der Waals surface area (Å²) >= 11 is 1.48. The third-order valence-electron chi connectivity index (χ3n) is 6.04. The predicted octanol–water partition coefficient (Wildman–Crippen LogP) is 3.89. The van der Waals surface area contributed by atoms with Crippen molar-refractivity contribution >= 4 is 35.1 Å². The predicted molar refractivity (Wildman–Crippen MR) is 130 cm³/mol. The fourth-order valence-electron chi connectivity index (χ4n) is 4.32. The maximum atomic E-state index is 14.0. The Labute approximate surface area is 218 Å². The average molecular weight is 563 g/mol. The number of nitrogens with one attached hydrogen (secondary N) is 1. The maximum Gasteiger partial charge on any atom is 0.414 e. The molecule has 1 aliphatic rings. The topological polar surface area (TPSA) is 117 Å². The Balaban J connectivity index is 1.99. The van der Waals surface area contributed by atoms with Crippen molar-refractivity contribution in [3.05, 3.63) is 59.2 Å². The molecule has 1 aliphatic heterocycles. The van der Waals surface area contributed by atoms with Crippen molar-refractivity contribution in [2.45, 2.75) is 42.2 Å². The van der Waals surface area contributed by atoms with Crippen LogP contribution in [-0.2, 0) is 21.5 Å². The van der Waals surface area contributed by atoms with Gasteiger partial charge in [-0.15, -0.1) is 16.9 Å². The van der Waals surface area contributed by atoms with Crippen LogP contribution < -0.4 is 16.9 Å². The van der Waals surface area contributed by atoms with E-state index in [9.17, 15) is 35.9 Å². The molecule has 2 amide bonds. The van der Waals surface area contributed by atoms with Crippen molar-refractivity contribution in [1.82, 2.24) is 10.0 Å². The van der Waals surface area contributed by atoms with E-state index in [2.05, 4.69) is 10.4 Å². The number of benzene rings is 2. The van der Waals surface area contributed by atoms with Crippen LogP contribution in [0.4, 0.5) is 32.0 Å². The van der Waals surface area contributed by atoms with Gasteiger partial charge in [0.25, 0.3) is 5.91 Å². The number of hydrazine groups is 1. The molecule has 38 heavy (non-hydrogen) atoms. The van der Waals surface area contributed by atoms with E-state index in [0.717, 1.165) is 29.6 Å². The number of fused-ring (bicyclic) bond motifs is 1. The van der Waals surface area contributed by atoms with Gasteiger partial charge in [0.15, 0.2) is 5.84 Å². The van der Waals surface area contributed by atoms with Gasteiger partial charge in [0.05, 0.1) is 0 Å². The maximum absolute atomic E-state index is 14.0. The fraction of sp³-hybridized carbons (Fsp3) is 0.348.